The van der Waals surface area contributed by atoms with Gasteiger partial charge in [-0.05, 0) is 18.1 Å². The number of pyridine rings is 1. The van der Waals surface area contributed by atoms with Crippen molar-refractivity contribution in [1.29, 1.82) is 0 Å². The van der Waals surface area contributed by atoms with Crippen LogP contribution in [0.5, 0.6) is 0 Å². The summed E-state index contributed by atoms with van der Waals surface area (Å²) in [6.07, 6.45) is 6.79. The highest BCUT2D eigenvalue weighted by atomic mass is 35.5. The quantitative estimate of drug-likeness (QED) is 0.528. The van der Waals surface area contributed by atoms with Crippen molar-refractivity contribution in [1.82, 2.24) is 4.98 Å². The number of halogens is 1. The lowest BCUT2D eigenvalue weighted by molar-refractivity contribution is 0.0957. The summed E-state index contributed by atoms with van der Waals surface area (Å²) in [5, 5.41) is 0.387. The van der Waals surface area contributed by atoms with Crippen LogP contribution in [0.4, 0.5) is 0 Å². The molecule has 94 valence electrons. The smallest absolute Gasteiger partial charge is 0.163 e. The summed E-state index contributed by atoms with van der Waals surface area (Å²) in [6.45, 7) is 4.32. The molecule has 0 amide bonds. The number of carbonyl (C=O) groups excluding carboxylic acids is 1. The normalized spacial score (nSPS) is 12.4. The highest BCUT2D eigenvalue weighted by Crippen LogP contribution is 2.20. The summed E-state index contributed by atoms with van der Waals surface area (Å²) >= 11 is 5.78. The topological polar surface area (TPSA) is 30.0 Å². The fourth-order valence-electron chi connectivity index (χ4n) is 1.90. The van der Waals surface area contributed by atoms with E-state index in [9.17, 15) is 4.79 Å². The van der Waals surface area contributed by atoms with E-state index >= 15 is 0 Å². The first-order valence-electron chi connectivity index (χ1n) is 6.32. The van der Waals surface area contributed by atoms with E-state index in [2.05, 4.69) is 18.8 Å². The molecule has 1 heterocycles. The van der Waals surface area contributed by atoms with E-state index < -0.39 is 0 Å². The number of hydrogen-bond acceptors (Lipinski definition) is 2. The van der Waals surface area contributed by atoms with Gasteiger partial charge in [-0.25, -0.2) is 4.98 Å². The Kier molecular flexibility index (Phi) is 6.20. The predicted octanol–water partition coefficient (Wildman–Crippen LogP) is 4.52. The van der Waals surface area contributed by atoms with Gasteiger partial charge >= 0.3 is 0 Å². The van der Waals surface area contributed by atoms with Gasteiger partial charge in [-0.15, -0.1) is 0 Å². The Morgan fingerprint density at radius 3 is 2.82 bits per heavy atom. The van der Waals surface area contributed by atoms with Crippen LogP contribution in [0.3, 0.4) is 0 Å². The molecule has 1 atom stereocenters. The van der Waals surface area contributed by atoms with E-state index in [-0.39, 0.29) is 5.78 Å². The number of rotatable bonds is 7. The van der Waals surface area contributed by atoms with Crippen molar-refractivity contribution in [2.24, 2.45) is 5.92 Å². The summed E-state index contributed by atoms with van der Waals surface area (Å²) in [4.78, 5) is 15.9. The van der Waals surface area contributed by atoms with Gasteiger partial charge in [0.25, 0.3) is 0 Å². The molecule has 0 aromatic carbocycles. The lowest BCUT2D eigenvalue weighted by Crippen LogP contribution is -2.08. The first-order valence-corrected chi connectivity index (χ1v) is 6.69. The summed E-state index contributed by atoms with van der Waals surface area (Å²) in [5.74, 6) is 0.673. The minimum atomic E-state index is 0.178. The van der Waals surface area contributed by atoms with Crippen LogP contribution in [-0.2, 0) is 0 Å². The average Bonchev–Trinajstić information content (AvgIpc) is 2.34. The maximum atomic E-state index is 12.0. The molecular formula is C14H20ClNO. The van der Waals surface area contributed by atoms with Crippen molar-refractivity contribution in [3.8, 4) is 0 Å². The highest BCUT2D eigenvalue weighted by molar-refractivity contribution is 6.29. The second-order valence-corrected chi connectivity index (χ2v) is 4.80. The van der Waals surface area contributed by atoms with Gasteiger partial charge in [0.15, 0.2) is 5.78 Å². The molecule has 0 aliphatic heterocycles. The third-order valence-corrected chi connectivity index (χ3v) is 3.27. The van der Waals surface area contributed by atoms with E-state index in [1.165, 1.54) is 12.8 Å². The van der Waals surface area contributed by atoms with E-state index in [1.807, 2.05) is 0 Å². The average molecular weight is 254 g/mol. The van der Waals surface area contributed by atoms with Crippen LogP contribution in [-0.4, -0.2) is 10.8 Å². The molecule has 0 saturated carbocycles. The molecule has 3 heteroatoms. The molecule has 1 rings (SSSR count). The molecule has 1 unspecified atom stereocenters. The molecule has 0 fully saturated rings. The number of unbranched alkanes of at least 4 members (excludes halogenated alkanes) is 1. The van der Waals surface area contributed by atoms with E-state index in [1.54, 1.807) is 18.3 Å². The predicted molar refractivity (Wildman–Crippen MR) is 71.5 cm³/mol. The Morgan fingerprint density at radius 1 is 1.47 bits per heavy atom. The van der Waals surface area contributed by atoms with E-state index in [0.29, 0.717) is 23.1 Å². The first kappa shape index (κ1) is 14.2. The van der Waals surface area contributed by atoms with Gasteiger partial charge in [0, 0.05) is 18.2 Å². The van der Waals surface area contributed by atoms with Gasteiger partial charge < -0.3 is 0 Å². The van der Waals surface area contributed by atoms with Crippen molar-refractivity contribution >= 4 is 17.4 Å². The van der Waals surface area contributed by atoms with Crippen LogP contribution in [0.15, 0.2) is 18.3 Å². The highest BCUT2D eigenvalue weighted by Gasteiger charge is 2.13. The lowest BCUT2D eigenvalue weighted by atomic mass is 9.92. The van der Waals surface area contributed by atoms with Crippen molar-refractivity contribution in [3.05, 3.63) is 29.0 Å². The van der Waals surface area contributed by atoms with Crippen LogP contribution < -0.4 is 0 Å². The molecule has 0 N–H and O–H groups in total. The van der Waals surface area contributed by atoms with E-state index in [4.69, 9.17) is 11.6 Å². The third kappa shape index (κ3) is 4.86. The van der Waals surface area contributed by atoms with Crippen LogP contribution in [0.2, 0.25) is 5.15 Å². The molecule has 0 radical (unpaired) electrons. The van der Waals surface area contributed by atoms with Crippen LogP contribution in [0.25, 0.3) is 0 Å². The molecule has 1 aromatic rings. The maximum Gasteiger partial charge on any atom is 0.163 e. The molecule has 17 heavy (non-hydrogen) atoms. The minimum Gasteiger partial charge on any atom is -0.294 e. The van der Waals surface area contributed by atoms with Gasteiger partial charge in [-0.3, -0.25) is 4.79 Å². The Balaban J connectivity index is 2.58. The summed E-state index contributed by atoms with van der Waals surface area (Å²) in [5.41, 5.74) is 0.681. The zero-order valence-electron chi connectivity index (χ0n) is 10.6. The Bertz CT molecular complexity index is 365. The van der Waals surface area contributed by atoms with E-state index in [0.717, 1.165) is 12.8 Å². The largest absolute Gasteiger partial charge is 0.294 e. The molecule has 0 saturated heterocycles. The number of carbonyl (C=O) groups is 1. The minimum absolute atomic E-state index is 0.178. The lowest BCUT2D eigenvalue weighted by Gasteiger charge is -2.13. The van der Waals surface area contributed by atoms with Gasteiger partial charge in [-0.1, -0.05) is 51.1 Å². The zero-order valence-corrected chi connectivity index (χ0v) is 11.3. The number of nitrogens with zero attached hydrogens (tertiary/aromatic N) is 1. The number of hydrogen-bond donors (Lipinski definition) is 0. The van der Waals surface area contributed by atoms with Crippen molar-refractivity contribution < 1.29 is 4.79 Å². The second kappa shape index (κ2) is 7.44. The van der Waals surface area contributed by atoms with Crippen LogP contribution in [0.1, 0.15) is 56.3 Å². The molecule has 2 nitrogen and oxygen atoms in total. The monoisotopic (exact) mass is 253 g/mol. The van der Waals surface area contributed by atoms with Crippen molar-refractivity contribution in [3.63, 3.8) is 0 Å². The summed E-state index contributed by atoms with van der Waals surface area (Å²) in [6, 6.07) is 3.39. The maximum absolute atomic E-state index is 12.0. The van der Waals surface area contributed by atoms with Crippen molar-refractivity contribution in [2.45, 2.75) is 46.0 Å². The van der Waals surface area contributed by atoms with Crippen molar-refractivity contribution in [2.75, 3.05) is 0 Å². The zero-order chi connectivity index (χ0) is 12.7. The van der Waals surface area contributed by atoms with Gasteiger partial charge in [-0.2, -0.15) is 0 Å². The fourth-order valence-corrected chi connectivity index (χ4v) is 2.07. The molecule has 1 aromatic heterocycles. The standard InChI is InChI=1S/C14H20ClNO/c1-3-5-6-11(4-2)9-13(17)12-7-8-16-14(15)10-12/h7-8,10-11H,3-6,9H2,1-2H3. The molecular weight excluding hydrogens is 234 g/mol. The Labute approximate surface area is 108 Å². The molecule has 0 aliphatic rings. The fraction of sp³-hybridized carbons (Fsp3) is 0.571. The van der Waals surface area contributed by atoms with Gasteiger partial charge in [0.1, 0.15) is 5.15 Å². The molecule has 0 spiro atoms. The van der Waals surface area contributed by atoms with Crippen LogP contribution in [0, 0.1) is 5.92 Å². The number of aromatic nitrogens is 1. The van der Waals surface area contributed by atoms with Crippen LogP contribution >= 0.6 is 11.6 Å². The number of Topliss-reactive ketones (excluding diaryl/α,β-unsaturated/α-hetero) is 1. The Morgan fingerprint density at radius 2 is 2.24 bits per heavy atom. The van der Waals surface area contributed by atoms with Gasteiger partial charge in [0.05, 0.1) is 0 Å². The SMILES string of the molecule is CCCCC(CC)CC(=O)c1ccnc(Cl)c1. The van der Waals surface area contributed by atoms with Gasteiger partial charge in [0.2, 0.25) is 0 Å². The first-order chi connectivity index (χ1) is 8.17. The molecule has 0 bridgehead atoms. The summed E-state index contributed by atoms with van der Waals surface area (Å²) < 4.78 is 0. The third-order valence-electron chi connectivity index (χ3n) is 3.07. The Hall–Kier alpha value is -0.890. The number of ketones is 1. The summed E-state index contributed by atoms with van der Waals surface area (Å²) in [7, 11) is 0. The molecule has 0 aliphatic carbocycles. The second-order valence-electron chi connectivity index (χ2n) is 4.41.